The number of benzene rings is 2. The van der Waals surface area contributed by atoms with Crippen molar-refractivity contribution in [1.82, 2.24) is 15.6 Å². The Morgan fingerprint density at radius 3 is 2.67 bits per heavy atom. The van der Waals surface area contributed by atoms with Crippen LogP contribution in [0.5, 0.6) is 5.75 Å². The number of anilines is 1. The Morgan fingerprint density at radius 1 is 1.10 bits per heavy atom. The van der Waals surface area contributed by atoms with Crippen molar-refractivity contribution in [3.8, 4) is 5.75 Å². The molecule has 158 valence electrons. The Balaban J connectivity index is 1.45. The summed E-state index contributed by atoms with van der Waals surface area (Å²) in [7, 11) is 1.67. The van der Waals surface area contributed by atoms with E-state index >= 15 is 0 Å². The minimum absolute atomic E-state index is 0.0272. The third kappa shape index (κ3) is 5.86. The van der Waals surface area contributed by atoms with Gasteiger partial charge in [-0.1, -0.05) is 36.4 Å². The van der Waals surface area contributed by atoms with Crippen LogP contribution in [0.25, 0.3) is 10.9 Å². The molecule has 0 saturated heterocycles. The summed E-state index contributed by atoms with van der Waals surface area (Å²) in [6.45, 7) is 4.73. The van der Waals surface area contributed by atoms with Gasteiger partial charge in [-0.25, -0.2) is 4.79 Å². The number of nitrogens with zero attached hydrogens (tertiary/aromatic N) is 1. The van der Waals surface area contributed by atoms with Crippen LogP contribution in [0.15, 0.2) is 60.8 Å². The van der Waals surface area contributed by atoms with Gasteiger partial charge in [0.25, 0.3) is 0 Å². The van der Waals surface area contributed by atoms with E-state index in [1.165, 1.54) is 0 Å². The molecule has 3 rings (SSSR count). The fraction of sp³-hybridized carbons (Fsp3) is 0.333. The molecule has 0 saturated carbocycles. The lowest BCUT2D eigenvalue weighted by molar-refractivity contribution is 0.237. The van der Waals surface area contributed by atoms with Crippen LogP contribution in [-0.4, -0.2) is 30.7 Å². The number of hydrogen-bond acceptors (Lipinski definition) is 4. The SMILES string of the molecule is COc1cc(NC(C)CCCNC(=O)NC(C)c2ccccc2)c2ncccc2c1. The highest BCUT2D eigenvalue weighted by atomic mass is 16.5. The second-order valence-corrected chi connectivity index (χ2v) is 7.47. The smallest absolute Gasteiger partial charge is 0.315 e. The minimum atomic E-state index is -0.144. The molecule has 30 heavy (non-hydrogen) atoms. The molecule has 2 amide bonds. The summed E-state index contributed by atoms with van der Waals surface area (Å²) in [6.07, 6.45) is 3.58. The number of carbonyl (C=O) groups excluding carboxylic acids is 1. The predicted octanol–water partition coefficient (Wildman–Crippen LogP) is 4.88. The quantitative estimate of drug-likeness (QED) is 0.443. The molecule has 1 aromatic heterocycles. The molecule has 0 fully saturated rings. The normalized spacial score (nSPS) is 12.8. The van der Waals surface area contributed by atoms with Gasteiger partial charge in [0.2, 0.25) is 0 Å². The number of methoxy groups -OCH3 is 1. The van der Waals surface area contributed by atoms with Crippen LogP contribution in [0.2, 0.25) is 0 Å². The van der Waals surface area contributed by atoms with Crippen molar-refractivity contribution in [1.29, 1.82) is 0 Å². The van der Waals surface area contributed by atoms with Crippen LogP contribution in [0.4, 0.5) is 10.5 Å². The molecule has 0 aliphatic heterocycles. The standard InChI is InChI=1S/C24H30N4O2/c1-17(27-22-16-21(30-3)15-20-12-8-13-25-23(20)22)9-7-14-26-24(29)28-18(2)19-10-5-4-6-11-19/h4-6,8,10-13,15-18,27H,7,9,14H2,1-3H3,(H2,26,28,29). The van der Waals surface area contributed by atoms with Gasteiger partial charge in [0.1, 0.15) is 5.75 Å². The summed E-state index contributed by atoms with van der Waals surface area (Å²) in [5, 5.41) is 10.5. The first-order chi connectivity index (χ1) is 14.6. The monoisotopic (exact) mass is 406 g/mol. The van der Waals surface area contributed by atoms with Gasteiger partial charge < -0.3 is 20.7 Å². The Kier molecular flexibility index (Phi) is 7.49. The van der Waals surface area contributed by atoms with Crippen LogP contribution < -0.4 is 20.7 Å². The van der Waals surface area contributed by atoms with Gasteiger partial charge in [-0.3, -0.25) is 4.98 Å². The maximum absolute atomic E-state index is 12.1. The highest BCUT2D eigenvalue weighted by molar-refractivity contribution is 5.91. The minimum Gasteiger partial charge on any atom is -0.497 e. The average Bonchev–Trinajstić information content (AvgIpc) is 2.77. The van der Waals surface area contributed by atoms with Gasteiger partial charge in [-0.15, -0.1) is 0 Å². The maximum atomic E-state index is 12.1. The lowest BCUT2D eigenvalue weighted by atomic mass is 10.1. The molecule has 6 heteroatoms. The summed E-state index contributed by atoms with van der Waals surface area (Å²) < 4.78 is 5.41. The molecule has 0 bridgehead atoms. The third-order valence-electron chi connectivity index (χ3n) is 5.06. The summed E-state index contributed by atoms with van der Waals surface area (Å²) in [6, 6.07) is 17.9. The zero-order valence-electron chi connectivity index (χ0n) is 17.8. The molecular weight excluding hydrogens is 376 g/mol. The van der Waals surface area contributed by atoms with E-state index in [0.717, 1.165) is 40.7 Å². The van der Waals surface area contributed by atoms with E-state index in [1.54, 1.807) is 13.3 Å². The second kappa shape index (κ2) is 10.5. The van der Waals surface area contributed by atoms with Crippen LogP contribution in [-0.2, 0) is 0 Å². The number of hydrogen-bond donors (Lipinski definition) is 3. The van der Waals surface area contributed by atoms with Crippen molar-refractivity contribution in [3.63, 3.8) is 0 Å². The van der Waals surface area contributed by atoms with Crippen LogP contribution >= 0.6 is 0 Å². The van der Waals surface area contributed by atoms with Crippen molar-refractivity contribution in [2.45, 2.75) is 38.8 Å². The molecule has 1 heterocycles. The first kappa shape index (κ1) is 21.4. The first-order valence-corrected chi connectivity index (χ1v) is 10.4. The van der Waals surface area contributed by atoms with Crippen molar-refractivity contribution in [2.24, 2.45) is 0 Å². The van der Waals surface area contributed by atoms with E-state index in [0.29, 0.717) is 6.54 Å². The van der Waals surface area contributed by atoms with Crippen LogP contribution in [0.3, 0.4) is 0 Å². The largest absolute Gasteiger partial charge is 0.497 e. The molecule has 3 N–H and O–H groups in total. The Labute approximate surface area is 178 Å². The molecule has 2 unspecified atom stereocenters. The third-order valence-corrected chi connectivity index (χ3v) is 5.06. The number of pyridine rings is 1. The van der Waals surface area contributed by atoms with Gasteiger partial charge in [0.05, 0.1) is 24.4 Å². The zero-order valence-corrected chi connectivity index (χ0v) is 17.8. The molecule has 0 radical (unpaired) electrons. The van der Waals surface area contributed by atoms with E-state index in [9.17, 15) is 4.79 Å². The van der Waals surface area contributed by atoms with Gasteiger partial charge in [-0.05, 0) is 44.4 Å². The lowest BCUT2D eigenvalue weighted by Crippen LogP contribution is -2.37. The van der Waals surface area contributed by atoms with Crippen molar-refractivity contribution in [3.05, 3.63) is 66.4 Å². The molecule has 3 aromatic rings. The number of amides is 2. The highest BCUT2D eigenvalue weighted by Crippen LogP contribution is 2.28. The fourth-order valence-corrected chi connectivity index (χ4v) is 3.41. The summed E-state index contributed by atoms with van der Waals surface area (Å²) in [5.74, 6) is 0.802. The predicted molar refractivity (Wildman–Crippen MR) is 122 cm³/mol. The van der Waals surface area contributed by atoms with Crippen molar-refractivity contribution < 1.29 is 9.53 Å². The van der Waals surface area contributed by atoms with Gasteiger partial charge in [-0.2, -0.15) is 0 Å². The fourth-order valence-electron chi connectivity index (χ4n) is 3.41. The lowest BCUT2D eigenvalue weighted by Gasteiger charge is -2.18. The van der Waals surface area contributed by atoms with Crippen molar-refractivity contribution in [2.75, 3.05) is 19.0 Å². The van der Waals surface area contributed by atoms with E-state index in [-0.39, 0.29) is 18.1 Å². The summed E-state index contributed by atoms with van der Waals surface area (Å²) in [5.41, 5.74) is 2.97. The van der Waals surface area contributed by atoms with E-state index in [1.807, 2.05) is 61.5 Å². The first-order valence-electron chi connectivity index (χ1n) is 10.4. The van der Waals surface area contributed by atoms with Crippen LogP contribution in [0, 0.1) is 0 Å². The second-order valence-electron chi connectivity index (χ2n) is 7.47. The molecule has 6 nitrogen and oxygen atoms in total. The number of fused-ring (bicyclic) bond motifs is 1. The zero-order chi connectivity index (χ0) is 21.3. The number of nitrogens with one attached hydrogen (secondary N) is 3. The summed E-state index contributed by atoms with van der Waals surface area (Å²) in [4.78, 5) is 16.6. The van der Waals surface area contributed by atoms with Crippen molar-refractivity contribution >= 4 is 22.6 Å². The Bertz CT molecular complexity index is 962. The molecule has 0 aliphatic rings. The van der Waals surface area contributed by atoms with Crippen LogP contribution in [0.1, 0.15) is 38.3 Å². The van der Waals surface area contributed by atoms with E-state index < -0.39 is 0 Å². The van der Waals surface area contributed by atoms with Gasteiger partial charge in [0.15, 0.2) is 0 Å². The number of rotatable bonds is 9. The van der Waals surface area contributed by atoms with E-state index in [2.05, 4.69) is 27.9 Å². The molecule has 0 aliphatic carbocycles. The number of aromatic nitrogens is 1. The van der Waals surface area contributed by atoms with Gasteiger partial charge >= 0.3 is 6.03 Å². The number of ether oxygens (including phenoxy) is 1. The Hall–Kier alpha value is -3.28. The number of carbonyl (C=O) groups is 1. The summed E-state index contributed by atoms with van der Waals surface area (Å²) >= 11 is 0. The average molecular weight is 407 g/mol. The molecule has 2 aromatic carbocycles. The highest BCUT2D eigenvalue weighted by Gasteiger charge is 2.11. The molecule has 0 spiro atoms. The Morgan fingerprint density at radius 2 is 1.90 bits per heavy atom. The maximum Gasteiger partial charge on any atom is 0.315 e. The topological polar surface area (TPSA) is 75.3 Å². The van der Waals surface area contributed by atoms with E-state index in [4.69, 9.17) is 4.74 Å². The number of urea groups is 1. The molecule has 2 atom stereocenters. The van der Waals surface area contributed by atoms with Gasteiger partial charge in [0, 0.05) is 30.2 Å². The molecular formula is C24H30N4O2.